The summed E-state index contributed by atoms with van der Waals surface area (Å²) in [7, 11) is 0. The van der Waals surface area contributed by atoms with Gasteiger partial charge in [0, 0.05) is 4.47 Å². The van der Waals surface area contributed by atoms with Crippen LogP contribution in [0.25, 0.3) is 0 Å². The zero-order chi connectivity index (χ0) is 10.8. The molecule has 0 aliphatic heterocycles. The van der Waals surface area contributed by atoms with Crippen LogP contribution in [0.4, 0.5) is 4.39 Å². The smallest absolute Gasteiger partial charge is 0.142 e. The van der Waals surface area contributed by atoms with E-state index in [1.54, 1.807) is 0 Å². The van der Waals surface area contributed by atoms with E-state index >= 15 is 0 Å². The lowest BCUT2D eigenvalue weighted by Gasteiger charge is -2.25. The maximum Gasteiger partial charge on any atom is 0.142 e. The summed E-state index contributed by atoms with van der Waals surface area (Å²) >= 11 is 3.23. The topological polar surface area (TPSA) is 23.8 Å². The molecule has 1 aliphatic rings. The highest BCUT2D eigenvalue weighted by atomic mass is 79.9. The Morgan fingerprint density at radius 1 is 1.47 bits per heavy atom. The largest absolute Gasteiger partial charge is 0.205 e. The number of rotatable bonds is 2. The number of hydrogen-bond donors (Lipinski definition) is 0. The van der Waals surface area contributed by atoms with Gasteiger partial charge in [0.05, 0.1) is 0 Å². The molecule has 0 atom stereocenters. The average molecular weight is 268 g/mol. The van der Waals surface area contributed by atoms with Crippen LogP contribution in [0.2, 0.25) is 0 Å². The van der Waals surface area contributed by atoms with Gasteiger partial charge in [-0.2, -0.15) is 5.26 Å². The molecule has 2 rings (SSSR count). The van der Waals surface area contributed by atoms with Gasteiger partial charge in [-0.25, -0.2) is 4.39 Å². The van der Waals surface area contributed by atoms with Crippen LogP contribution >= 0.6 is 15.9 Å². The Labute approximate surface area is 97.0 Å². The summed E-state index contributed by atoms with van der Waals surface area (Å²) in [6.07, 6.45) is 4.73. The predicted molar refractivity (Wildman–Crippen MR) is 59.9 cm³/mol. The number of halogens is 2. The minimum atomic E-state index is -0.416. The van der Waals surface area contributed by atoms with Crippen molar-refractivity contribution in [2.24, 2.45) is 5.92 Å². The van der Waals surface area contributed by atoms with Gasteiger partial charge in [0.25, 0.3) is 0 Å². The number of benzene rings is 1. The van der Waals surface area contributed by atoms with Crippen molar-refractivity contribution in [3.8, 4) is 6.07 Å². The van der Waals surface area contributed by atoms with E-state index in [0.717, 1.165) is 12.0 Å². The molecule has 1 saturated carbocycles. The second-order valence-corrected chi connectivity index (χ2v) is 4.90. The third-order valence-electron chi connectivity index (χ3n) is 2.96. The highest BCUT2D eigenvalue weighted by Crippen LogP contribution is 2.31. The van der Waals surface area contributed by atoms with Crippen LogP contribution in [0.3, 0.4) is 0 Å². The van der Waals surface area contributed by atoms with Crippen molar-refractivity contribution in [3.05, 3.63) is 33.5 Å². The molecule has 0 spiro atoms. The van der Waals surface area contributed by atoms with Gasteiger partial charge in [-0.05, 0) is 46.0 Å². The normalized spacial score (nSPS) is 15.8. The first-order valence-corrected chi connectivity index (χ1v) is 5.88. The first-order chi connectivity index (χ1) is 7.20. The SMILES string of the molecule is N#Cc1c(F)cc(CC2CCC2)cc1Br. The van der Waals surface area contributed by atoms with E-state index in [1.807, 2.05) is 12.1 Å². The summed E-state index contributed by atoms with van der Waals surface area (Å²) < 4.78 is 14.0. The molecule has 1 aliphatic carbocycles. The van der Waals surface area contributed by atoms with Crippen molar-refractivity contribution >= 4 is 15.9 Å². The van der Waals surface area contributed by atoms with Crippen LogP contribution in [-0.4, -0.2) is 0 Å². The number of nitriles is 1. The Balaban J connectivity index is 2.23. The Kier molecular flexibility index (Phi) is 3.06. The fraction of sp³-hybridized carbons (Fsp3) is 0.417. The third-order valence-corrected chi connectivity index (χ3v) is 3.59. The fourth-order valence-corrected chi connectivity index (χ4v) is 2.45. The molecule has 0 aromatic heterocycles. The molecule has 15 heavy (non-hydrogen) atoms. The summed E-state index contributed by atoms with van der Waals surface area (Å²) in [6.45, 7) is 0. The Morgan fingerprint density at radius 2 is 2.20 bits per heavy atom. The molecule has 0 unspecified atom stereocenters. The molecule has 0 radical (unpaired) electrons. The van der Waals surface area contributed by atoms with Crippen molar-refractivity contribution in [3.63, 3.8) is 0 Å². The maximum atomic E-state index is 13.4. The Hall–Kier alpha value is -0.880. The van der Waals surface area contributed by atoms with Gasteiger partial charge < -0.3 is 0 Å². The molecular formula is C12H11BrFN. The molecule has 0 bridgehead atoms. The minimum Gasteiger partial charge on any atom is -0.205 e. The fourth-order valence-electron chi connectivity index (χ4n) is 1.88. The van der Waals surface area contributed by atoms with Gasteiger partial charge in [-0.3, -0.25) is 0 Å². The van der Waals surface area contributed by atoms with E-state index in [0.29, 0.717) is 10.4 Å². The molecule has 3 heteroatoms. The van der Waals surface area contributed by atoms with Gasteiger partial charge in [-0.15, -0.1) is 0 Å². The van der Waals surface area contributed by atoms with Crippen molar-refractivity contribution < 1.29 is 4.39 Å². The Morgan fingerprint density at radius 3 is 2.67 bits per heavy atom. The second kappa shape index (κ2) is 4.32. The van der Waals surface area contributed by atoms with Gasteiger partial charge >= 0.3 is 0 Å². The highest BCUT2D eigenvalue weighted by Gasteiger charge is 2.19. The van der Waals surface area contributed by atoms with Crippen LogP contribution in [-0.2, 0) is 6.42 Å². The summed E-state index contributed by atoms with van der Waals surface area (Å²) in [5.41, 5.74) is 1.09. The molecule has 0 saturated heterocycles. The minimum absolute atomic E-state index is 0.104. The molecular weight excluding hydrogens is 257 g/mol. The molecule has 1 nitrogen and oxygen atoms in total. The zero-order valence-electron chi connectivity index (χ0n) is 8.26. The van der Waals surface area contributed by atoms with Gasteiger partial charge in [0.1, 0.15) is 17.4 Å². The molecule has 1 fully saturated rings. The van der Waals surface area contributed by atoms with Gasteiger partial charge in [0.2, 0.25) is 0 Å². The Bertz CT molecular complexity index is 395. The average Bonchev–Trinajstić information content (AvgIpc) is 2.11. The zero-order valence-corrected chi connectivity index (χ0v) is 9.85. The number of hydrogen-bond acceptors (Lipinski definition) is 1. The van der Waals surface area contributed by atoms with E-state index < -0.39 is 5.82 Å². The quantitative estimate of drug-likeness (QED) is 0.800. The summed E-state index contributed by atoms with van der Waals surface area (Å²) in [5.74, 6) is 0.297. The standard InChI is InChI=1S/C12H11BrFN/c13-11-5-9(4-8-2-1-3-8)6-12(14)10(11)7-15/h5-6,8H,1-4H2. The monoisotopic (exact) mass is 267 g/mol. The predicted octanol–water partition coefficient (Wildman–Crippen LogP) is 3.80. The molecule has 1 aromatic rings. The van der Waals surface area contributed by atoms with E-state index in [-0.39, 0.29) is 5.56 Å². The maximum absolute atomic E-state index is 13.4. The van der Waals surface area contributed by atoms with Crippen LogP contribution in [0, 0.1) is 23.1 Å². The highest BCUT2D eigenvalue weighted by molar-refractivity contribution is 9.10. The third kappa shape index (κ3) is 2.21. The van der Waals surface area contributed by atoms with E-state index in [1.165, 1.54) is 25.3 Å². The first kappa shape index (κ1) is 10.6. The van der Waals surface area contributed by atoms with Gasteiger partial charge in [0.15, 0.2) is 0 Å². The molecule has 0 amide bonds. The van der Waals surface area contributed by atoms with Crippen molar-refractivity contribution in [2.45, 2.75) is 25.7 Å². The van der Waals surface area contributed by atoms with E-state index in [9.17, 15) is 4.39 Å². The molecule has 0 N–H and O–H groups in total. The first-order valence-electron chi connectivity index (χ1n) is 5.08. The summed E-state index contributed by atoms with van der Waals surface area (Å²) in [5, 5.41) is 8.71. The van der Waals surface area contributed by atoms with Crippen molar-refractivity contribution in [1.82, 2.24) is 0 Å². The summed E-state index contributed by atoms with van der Waals surface area (Å²) in [6, 6.07) is 5.20. The lowest BCUT2D eigenvalue weighted by Crippen LogP contribution is -2.13. The van der Waals surface area contributed by atoms with Crippen LogP contribution in [0.15, 0.2) is 16.6 Å². The molecule has 1 aromatic carbocycles. The lowest BCUT2D eigenvalue weighted by molar-refractivity contribution is 0.314. The van der Waals surface area contributed by atoms with E-state index in [2.05, 4.69) is 15.9 Å². The van der Waals surface area contributed by atoms with Crippen LogP contribution in [0.5, 0.6) is 0 Å². The van der Waals surface area contributed by atoms with Crippen LogP contribution < -0.4 is 0 Å². The molecule has 0 heterocycles. The van der Waals surface area contributed by atoms with Crippen molar-refractivity contribution in [2.75, 3.05) is 0 Å². The van der Waals surface area contributed by atoms with Gasteiger partial charge in [-0.1, -0.05) is 19.3 Å². The molecule has 78 valence electrons. The van der Waals surface area contributed by atoms with E-state index in [4.69, 9.17) is 5.26 Å². The summed E-state index contributed by atoms with van der Waals surface area (Å²) in [4.78, 5) is 0. The second-order valence-electron chi connectivity index (χ2n) is 4.05. The lowest BCUT2D eigenvalue weighted by atomic mass is 9.81. The van der Waals surface area contributed by atoms with Crippen LogP contribution in [0.1, 0.15) is 30.4 Å². The van der Waals surface area contributed by atoms with Crippen molar-refractivity contribution in [1.29, 1.82) is 5.26 Å². The number of nitrogens with zero attached hydrogens (tertiary/aromatic N) is 1.